The molecule has 0 fully saturated rings. The minimum Gasteiger partial charge on any atom is -0.464 e. The van der Waals surface area contributed by atoms with E-state index in [0.717, 1.165) is 22.6 Å². The van der Waals surface area contributed by atoms with E-state index in [4.69, 9.17) is 0 Å². The molecule has 1 amide bonds. The molecule has 4 nitrogen and oxygen atoms in total. The standard InChI is InChI=1S/C62H67IN2O2/c1-5-7-9-11-13-15-41-62(42-16-14-12-10-8-6-2)59-43-49(47-21-27-51(63)28-22-47)25-39-57(59)58-40-26-50(44-60(58)62)48-23-33-53(34-24-48)64(52-29-17-45(3)18-30-52)54-35-37-56(38-36-54)65(61(66)67)55-31-19-46(4)20-32-55/h17-40,43-44H,5-16,41-42H2,1-4H3,(H,66,67). The van der Waals surface area contributed by atoms with Crippen LogP contribution < -0.4 is 9.80 Å². The van der Waals surface area contributed by atoms with Gasteiger partial charge in [0.15, 0.2) is 0 Å². The van der Waals surface area contributed by atoms with E-state index in [-0.39, 0.29) is 5.41 Å². The molecule has 0 heterocycles. The van der Waals surface area contributed by atoms with E-state index in [0.29, 0.717) is 11.4 Å². The Balaban J connectivity index is 1.15. The molecule has 5 heteroatoms. The summed E-state index contributed by atoms with van der Waals surface area (Å²) < 4.78 is 1.26. The Morgan fingerprint density at radius 3 is 1.22 bits per heavy atom. The third-order valence-electron chi connectivity index (χ3n) is 14.1. The summed E-state index contributed by atoms with van der Waals surface area (Å²) in [5.74, 6) is 0. The molecule has 8 rings (SSSR count). The Kier molecular flexibility index (Phi) is 16.0. The fourth-order valence-electron chi connectivity index (χ4n) is 10.3. The molecule has 0 saturated heterocycles. The van der Waals surface area contributed by atoms with Crippen molar-refractivity contribution in [1.29, 1.82) is 0 Å². The fraction of sp³-hybridized carbons (Fsp3) is 0.306. The Morgan fingerprint density at radius 2 is 0.791 bits per heavy atom. The lowest BCUT2D eigenvalue weighted by Crippen LogP contribution is -2.25. The van der Waals surface area contributed by atoms with Crippen molar-refractivity contribution in [3.05, 3.63) is 184 Å². The predicted molar refractivity (Wildman–Crippen MR) is 293 cm³/mol. The molecule has 67 heavy (non-hydrogen) atoms. The van der Waals surface area contributed by atoms with Gasteiger partial charge >= 0.3 is 6.09 Å². The zero-order chi connectivity index (χ0) is 46.8. The van der Waals surface area contributed by atoms with E-state index in [1.807, 2.05) is 55.5 Å². The smallest absolute Gasteiger partial charge is 0.416 e. The van der Waals surface area contributed by atoms with E-state index in [1.165, 1.54) is 148 Å². The number of aryl methyl sites for hydroxylation is 2. The van der Waals surface area contributed by atoms with Crippen LogP contribution in [0.3, 0.4) is 0 Å². The summed E-state index contributed by atoms with van der Waals surface area (Å²) >= 11 is 2.41. The molecule has 0 radical (unpaired) electrons. The van der Waals surface area contributed by atoms with Crippen LogP contribution in [0.25, 0.3) is 33.4 Å². The number of rotatable bonds is 21. The first-order valence-electron chi connectivity index (χ1n) is 24.9. The topological polar surface area (TPSA) is 43.8 Å². The molecule has 0 bridgehead atoms. The molecule has 1 aliphatic carbocycles. The van der Waals surface area contributed by atoms with Crippen molar-refractivity contribution in [3.63, 3.8) is 0 Å². The number of carbonyl (C=O) groups is 1. The maximum absolute atomic E-state index is 12.6. The zero-order valence-electron chi connectivity index (χ0n) is 40.0. The highest BCUT2D eigenvalue weighted by molar-refractivity contribution is 14.1. The van der Waals surface area contributed by atoms with Crippen LogP contribution in [0, 0.1) is 17.4 Å². The van der Waals surface area contributed by atoms with Gasteiger partial charge in [-0.05, 0) is 179 Å². The van der Waals surface area contributed by atoms with Gasteiger partial charge in [-0.3, -0.25) is 0 Å². The SMILES string of the molecule is CCCCCCCCC1(CCCCCCCC)c2cc(-c3ccc(I)cc3)ccc2-c2ccc(-c3ccc(N(c4ccc(C)cc4)c4ccc(N(C(=O)O)c5ccc(C)cc5)cc4)cc3)cc21. The number of unbranched alkanes of at least 4 members (excludes halogenated alkanes) is 10. The van der Waals surface area contributed by atoms with Crippen LogP contribution in [0.2, 0.25) is 0 Å². The molecule has 7 aromatic rings. The first-order valence-corrected chi connectivity index (χ1v) is 26.0. The number of hydrogen-bond donors (Lipinski definition) is 1. The second-order valence-electron chi connectivity index (χ2n) is 18.8. The maximum atomic E-state index is 12.6. The van der Waals surface area contributed by atoms with Crippen LogP contribution in [0.15, 0.2) is 158 Å². The molecule has 1 N–H and O–H groups in total. The fourth-order valence-corrected chi connectivity index (χ4v) is 10.7. The van der Waals surface area contributed by atoms with Crippen molar-refractivity contribution in [1.82, 2.24) is 0 Å². The average Bonchev–Trinajstić information content (AvgIpc) is 3.61. The summed E-state index contributed by atoms with van der Waals surface area (Å²) in [5, 5.41) is 10.3. The summed E-state index contributed by atoms with van der Waals surface area (Å²) in [4.78, 5) is 16.1. The third-order valence-corrected chi connectivity index (χ3v) is 14.8. The van der Waals surface area contributed by atoms with Gasteiger partial charge in [-0.25, -0.2) is 9.69 Å². The quantitative estimate of drug-likeness (QED) is 0.0576. The lowest BCUT2D eigenvalue weighted by atomic mass is 9.70. The lowest BCUT2D eigenvalue weighted by Gasteiger charge is -2.33. The van der Waals surface area contributed by atoms with E-state index >= 15 is 0 Å². The molecule has 0 aliphatic heterocycles. The number of fused-ring (bicyclic) bond motifs is 3. The second-order valence-corrected chi connectivity index (χ2v) is 20.1. The number of hydrogen-bond acceptors (Lipinski definition) is 2. The molecule has 1 aliphatic rings. The van der Waals surface area contributed by atoms with Gasteiger partial charge in [-0.1, -0.05) is 175 Å². The van der Waals surface area contributed by atoms with Gasteiger partial charge in [-0.15, -0.1) is 0 Å². The summed E-state index contributed by atoms with van der Waals surface area (Å²) in [5.41, 5.74) is 17.3. The zero-order valence-corrected chi connectivity index (χ0v) is 42.2. The largest absolute Gasteiger partial charge is 0.464 e. The Bertz CT molecular complexity index is 2690. The molecular formula is C62H67IN2O2. The van der Waals surface area contributed by atoms with Gasteiger partial charge < -0.3 is 10.0 Å². The van der Waals surface area contributed by atoms with Crippen LogP contribution in [-0.2, 0) is 5.41 Å². The van der Waals surface area contributed by atoms with Crippen molar-refractivity contribution in [2.24, 2.45) is 0 Å². The Morgan fingerprint density at radius 1 is 0.448 bits per heavy atom. The van der Waals surface area contributed by atoms with Crippen molar-refractivity contribution >= 4 is 57.1 Å². The van der Waals surface area contributed by atoms with Gasteiger partial charge in [0.2, 0.25) is 0 Å². The van der Waals surface area contributed by atoms with Crippen molar-refractivity contribution in [3.8, 4) is 33.4 Å². The highest BCUT2D eigenvalue weighted by atomic mass is 127. The van der Waals surface area contributed by atoms with E-state index in [2.05, 4.69) is 157 Å². The number of carboxylic acid groups (broad SMARTS) is 1. The molecule has 0 saturated carbocycles. The van der Waals surface area contributed by atoms with Crippen LogP contribution in [0.1, 0.15) is 126 Å². The van der Waals surface area contributed by atoms with E-state index in [1.54, 1.807) is 0 Å². The van der Waals surface area contributed by atoms with Gasteiger partial charge in [0.25, 0.3) is 0 Å². The summed E-state index contributed by atoms with van der Waals surface area (Å²) in [7, 11) is 0. The Hall–Kier alpha value is -5.66. The van der Waals surface area contributed by atoms with Crippen LogP contribution in [-0.4, -0.2) is 11.2 Å². The third kappa shape index (κ3) is 11.0. The molecule has 7 aromatic carbocycles. The van der Waals surface area contributed by atoms with Gasteiger partial charge in [0, 0.05) is 26.0 Å². The molecule has 0 atom stereocenters. The Labute approximate surface area is 414 Å². The summed E-state index contributed by atoms with van der Waals surface area (Å²) in [6, 6.07) is 56.7. The highest BCUT2D eigenvalue weighted by Crippen LogP contribution is 2.56. The molecule has 0 unspecified atom stereocenters. The molecular weight excluding hydrogens is 932 g/mol. The minimum atomic E-state index is -1.02. The molecule has 344 valence electrons. The first-order chi connectivity index (χ1) is 32.7. The van der Waals surface area contributed by atoms with Crippen molar-refractivity contribution < 1.29 is 9.90 Å². The van der Waals surface area contributed by atoms with E-state index < -0.39 is 6.09 Å². The number of anilines is 5. The maximum Gasteiger partial charge on any atom is 0.416 e. The minimum absolute atomic E-state index is 0.0422. The highest BCUT2D eigenvalue weighted by Gasteiger charge is 2.42. The number of amides is 1. The number of halogens is 1. The summed E-state index contributed by atoms with van der Waals surface area (Å²) in [6.45, 7) is 8.73. The van der Waals surface area contributed by atoms with Gasteiger partial charge in [-0.2, -0.15) is 0 Å². The second kappa shape index (κ2) is 22.4. The summed E-state index contributed by atoms with van der Waals surface area (Å²) in [6.07, 6.45) is 16.8. The van der Waals surface area contributed by atoms with Gasteiger partial charge in [0.1, 0.15) is 0 Å². The van der Waals surface area contributed by atoms with Crippen LogP contribution in [0.5, 0.6) is 0 Å². The predicted octanol–water partition coefficient (Wildman–Crippen LogP) is 19.3. The van der Waals surface area contributed by atoms with Crippen LogP contribution in [0.4, 0.5) is 33.2 Å². The number of nitrogens with zero attached hydrogens (tertiary/aromatic N) is 2. The molecule has 0 spiro atoms. The van der Waals surface area contributed by atoms with Gasteiger partial charge in [0.05, 0.1) is 11.4 Å². The van der Waals surface area contributed by atoms with Crippen molar-refractivity contribution in [2.75, 3.05) is 9.80 Å². The van der Waals surface area contributed by atoms with Crippen LogP contribution >= 0.6 is 22.6 Å². The van der Waals surface area contributed by atoms with Crippen molar-refractivity contribution in [2.45, 2.75) is 123 Å². The lowest BCUT2D eigenvalue weighted by molar-refractivity contribution is 0.205. The number of benzene rings is 7. The normalized spacial score (nSPS) is 12.4. The monoisotopic (exact) mass is 998 g/mol. The van der Waals surface area contributed by atoms with E-state index in [9.17, 15) is 9.90 Å². The molecule has 0 aromatic heterocycles. The first kappa shape index (κ1) is 47.8. The average molecular weight is 999 g/mol.